The van der Waals surface area contributed by atoms with Crippen LogP contribution in [0.3, 0.4) is 0 Å². The number of nitrogens with one attached hydrogen (secondary N) is 2. The number of hydrogen-bond donors (Lipinski definition) is 4. The van der Waals surface area contributed by atoms with E-state index in [2.05, 4.69) is 9.71 Å². The Labute approximate surface area is 111 Å². The largest absolute Gasteiger partial charge is 0.477 e. The smallest absolute Gasteiger partial charge is 0.352 e. The summed E-state index contributed by atoms with van der Waals surface area (Å²) in [6.07, 6.45) is 0. The first kappa shape index (κ1) is 15.7. The molecule has 1 heterocycles. The fourth-order valence-corrected chi connectivity index (χ4v) is 3.35. The van der Waals surface area contributed by atoms with E-state index in [-0.39, 0.29) is 40.9 Å². The highest BCUT2D eigenvalue weighted by Crippen LogP contribution is 2.23. The predicted molar refractivity (Wildman–Crippen MR) is 68.7 cm³/mol. The maximum absolute atomic E-state index is 12.1. The van der Waals surface area contributed by atoms with Crippen molar-refractivity contribution in [3.63, 3.8) is 0 Å². The number of aromatic carboxylic acids is 1. The van der Waals surface area contributed by atoms with Crippen LogP contribution in [0.2, 0.25) is 0 Å². The predicted octanol–water partition coefficient (Wildman–Crippen LogP) is 0.236. The van der Waals surface area contributed by atoms with Crippen LogP contribution in [0.1, 0.15) is 28.7 Å². The molecule has 1 rings (SSSR count). The van der Waals surface area contributed by atoms with E-state index >= 15 is 0 Å². The lowest BCUT2D eigenvalue weighted by atomic mass is 10.2. The lowest BCUT2D eigenvalue weighted by Crippen LogP contribution is -2.30. The average Bonchev–Trinajstić information content (AvgIpc) is 2.62. The molecule has 7 nitrogen and oxygen atoms in total. The first-order valence-corrected chi connectivity index (χ1v) is 7.22. The molecule has 0 saturated heterocycles. The second kappa shape index (κ2) is 5.72. The van der Waals surface area contributed by atoms with Gasteiger partial charge in [0, 0.05) is 24.4 Å². The fraction of sp³-hybridized carbons (Fsp3) is 0.545. The maximum Gasteiger partial charge on any atom is 0.352 e. The number of aliphatic hydroxyl groups excluding tert-OH is 1. The Morgan fingerprint density at radius 2 is 2.00 bits per heavy atom. The second-order valence-electron chi connectivity index (χ2n) is 4.52. The van der Waals surface area contributed by atoms with Gasteiger partial charge in [0.05, 0.1) is 0 Å². The molecule has 0 bridgehead atoms. The van der Waals surface area contributed by atoms with Gasteiger partial charge in [-0.3, -0.25) is 0 Å². The van der Waals surface area contributed by atoms with Gasteiger partial charge in [-0.1, -0.05) is 6.92 Å². The highest BCUT2D eigenvalue weighted by molar-refractivity contribution is 7.89. The topological polar surface area (TPSA) is 119 Å². The molecule has 0 aliphatic rings. The molecular weight excluding hydrogens is 272 g/mol. The van der Waals surface area contributed by atoms with Crippen molar-refractivity contribution < 1.29 is 23.4 Å². The van der Waals surface area contributed by atoms with Crippen LogP contribution in [-0.2, 0) is 10.0 Å². The minimum absolute atomic E-state index is 0.0463. The van der Waals surface area contributed by atoms with Crippen LogP contribution in [0, 0.1) is 19.8 Å². The summed E-state index contributed by atoms with van der Waals surface area (Å²) in [6, 6.07) is 0. The summed E-state index contributed by atoms with van der Waals surface area (Å²) in [5.74, 6) is -1.42. The van der Waals surface area contributed by atoms with E-state index in [4.69, 9.17) is 10.2 Å². The van der Waals surface area contributed by atoms with Crippen LogP contribution in [0.4, 0.5) is 0 Å². The molecule has 1 unspecified atom stereocenters. The Kier molecular flexibility index (Phi) is 4.72. The molecule has 0 saturated carbocycles. The van der Waals surface area contributed by atoms with Crippen LogP contribution in [-0.4, -0.2) is 42.7 Å². The Balaban J connectivity index is 3.12. The molecular formula is C11H18N2O5S. The number of rotatable bonds is 6. The minimum atomic E-state index is -3.80. The summed E-state index contributed by atoms with van der Waals surface area (Å²) >= 11 is 0. The molecule has 1 aromatic rings. The van der Waals surface area contributed by atoms with Crippen molar-refractivity contribution in [2.75, 3.05) is 13.2 Å². The number of carboxylic acid groups (broad SMARTS) is 1. The van der Waals surface area contributed by atoms with Crippen molar-refractivity contribution in [3.8, 4) is 0 Å². The van der Waals surface area contributed by atoms with E-state index in [9.17, 15) is 13.2 Å². The number of sulfonamides is 1. The Bertz CT molecular complexity index is 576. The molecule has 19 heavy (non-hydrogen) atoms. The number of hydrogen-bond acceptors (Lipinski definition) is 4. The summed E-state index contributed by atoms with van der Waals surface area (Å²) in [5, 5.41) is 17.8. The second-order valence-corrected chi connectivity index (χ2v) is 6.23. The SMILES string of the molecule is Cc1[nH]c(C(=O)O)c(C)c1S(=O)(=O)NCC(C)CO. The van der Waals surface area contributed by atoms with E-state index in [1.54, 1.807) is 6.92 Å². The molecule has 0 amide bonds. The van der Waals surface area contributed by atoms with Gasteiger partial charge in [0.2, 0.25) is 10.0 Å². The molecule has 0 aliphatic heterocycles. The van der Waals surface area contributed by atoms with Gasteiger partial charge in [0.1, 0.15) is 10.6 Å². The van der Waals surface area contributed by atoms with Crippen LogP contribution in [0.15, 0.2) is 4.90 Å². The molecule has 0 radical (unpaired) electrons. The lowest BCUT2D eigenvalue weighted by Gasteiger charge is -2.11. The molecule has 0 aliphatic carbocycles. The van der Waals surface area contributed by atoms with Crippen molar-refractivity contribution in [3.05, 3.63) is 17.0 Å². The van der Waals surface area contributed by atoms with Gasteiger partial charge in [-0.05, 0) is 19.8 Å². The molecule has 0 aromatic carbocycles. The van der Waals surface area contributed by atoms with E-state index < -0.39 is 16.0 Å². The molecule has 1 atom stereocenters. The Hall–Kier alpha value is -1.38. The van der Waals surface area contributed by atoms with E-state index in [1.807, 2.05) is 0 Å². The van der Waals surface area contributed by atoms with Crippen molar-refractivity contribution in [2.45, 2.75) is 25.7 Å². The third kappa shape index (κ3) is 3.34. The third-order valence-electron chi connectivity index (χ3n) is 2.78. The first-order chi connectivity index (χ1) is 8.70. The van der Waals surface area contributed by atoms with Gasteiger partial charge < -0.3 is 15.2 Å². The van der Waals surface area contributed by atoms with Gasteiger partial charge in [0.25, 0.3) is 0 Å². The summed E-state index contributed by atoms with van der Waals surface area (Å²) in [5.41, 5.74) is 0.321. The fourth-order valence-electron chi connectivity index (χ4n) is 1.74. The van der Waals surface area contributed by atoms with Gasteiger partial charge >= 0.3 is 5.97 Å². The van der Waals surface area contributed by atoms with Crippen LogP contribution in [0.5, 0.6) is 0 Å². The number of aliphatic hydroxyl groups is 1. The van der Waals surface area contributed by atoms with Gasteiger partial charge in [-0.2, -0.15) is 0 Å². The number of aromatic amines is 1. The third-order valence-corrected chi connectivity index (χ3v) is 4.48. The molecule has 8 heteroatoms. The highest BCUT2D eigenvalue weighted by Gasteiger charge is 2.26. The zero-order chi connectivity index (χ0) is 14.8. The van der Waals surface area contributed by atoms with E-state index in [1.165, 1.54) is 13.8 Å². The molecule has 4 N–H and O–H groups in total. The monoisotopic (exact) mass is 290 g/mol. The lowest BCUT2D eigenvalue weighted by molar-refractivity contribution is 0.0690. The van der Waals surface area contributed by atoms with E-state index in [0.717, 1.165) is 0 Å². The number of carbonyl (C=O) groups is 1. The quantitative estimate of drug-likeness (QED) is 0.598. The minimum Gasteiger partial charge on any atom is -0.477 e. The Morgan fingerprint density at radius 1 is 1.42 bits per heavy atom. The summed E-state index contributed by atoms with van der Waals surface area (Å²) in [6.45, 7) is 4.60. The molecule has 0 spiro atoms. The number of carboxylic acids is 1. The summed E-state index contributed by atoms with van der Waals surface area (Å²) < 4.78 is 26.6. The van der Waals surface area contributed by atoms with Crippen LogP contribution >= 0.6 is 0 Å². The first-order valence-electron chi connectivity index (χ1n) is 5.73. The molecule has 0 fully saturated rings. The van der Waals surface area contributed by atoms with Gasteiger partial charge in [-0.15, -0.1) is 0 Å². The highest BCUT2D eigenvalue weighted by atomic mass is 32.2. The number of aryl methyl sites for hydroxylation is 1. The average molecular weight is 290 g/mol. The normalized spacial score (nSPS) is 13.5. The molecule has 1 aromatic heterocycles. The summed E-state index contributed by atoms with van der Waals surface area (Å²) in [7, 11) is -3.80. The zero-order valence-corrected chi connectivity index (χ0v) is 11.8. The van der Waals surface area contributed by atoms with Crippen LogP contribution in [0.25, 0.3) is 0 Å². The standard InChI is InChI=1S/C11H18N2O5S/c1-6(5-14)4-12-19(17,18)10-7(2)9(11(15)16)13-8(10)3/h6,12-14H,4-5H2,1-3H3,(H,15,16). The summed E-state index contributed by atoms with van der Waals surface area (Å²) in [4.78, 5) is 13.5. The van der Waals surface area contributed by atoms with Crippen molar-refractivity contribution >= 4 is 16.0 Å². The van der Waals surface area contributed by atoms with Crippen molar-refractivity contribution in [1.29, 1.82) is 0 Å². The van der Waals surface area contributed by atoms with Crippen molar-refractivity contribution in [2.24, 2.45) is 5.92 Å². The zero-order valence-electron chi connectivity index (χ0n) is 11.0. The van der Waals surface area contributed by atoms with E-state index in [0.29, 0.717) is 0 Å². The number of H-pyrrole nitrogens is 1. The molecule has 108 valence electrons. The van der Waals surface area contributed by atoms with Crippen LogP contribution < -0.4 is 4.72 Å². The van der Waals surface area contributed by atoms with Gasteiger partial charge in [-0.25, -0.2) is 17.9 Å². The van der Waals surface area contributed by atoms with Crippen molar-refractivity contribution in [1.82, 2.24) is 9.71 Å². The Morgan fingerprint density at radius 3 is 2.42 bits per heavy atom. The van der Waals surface area contributed by atoms with Gasteiger partial charge in [0.15, 0.2) is 0 Å². The maximum atomic E-state index is 12.1. The number of aromatic nitrogens is 1.